The van der Waals surface area contributed by atoms with Crippen molar-refractivity contribution in [3.8, 4) is 0 Å². The summed E-state index contributed by atoms with van der Waals surface area (Å²) in [4.78, 5) is 13.2. The number of rotatable bonds is 4. The molecule has 3 unspecified atom stereocenters. The number of carbonyl (C=O) groups is 1. The molecule has 0 heterocycles. The summed E-state index contributed by atoms with van der Waals surface area (Å²) in [5.74, 6) is 0.446. The van der Waals surface area contributed by atoms with Crippen molar-refractivity contribution < 1.29 is 9.90 Å². The van der Waals surface area contributed by atoms with Gasteiger partial charge in [-0.2, -0.15) is 0 Å². The van der Waals surface area contributed by atoms with E-state index in [4.69, 9.17) is 0 Å². The Bertz CT molecular complexity index is 418. The Balaban J connectivity index is 2.24. The zero-order chi connectivity index (χ0) is 13.8. The fourth-order valence-corrected chi connectivity index (χ4v) is 3.16. The quantitative estimate of drug-likeness (QED) is 0.903. The van der Waals surface area contributed by atoms with E-state index < -0.39 is 5.97 Å². The first-order valence-corrected chi connectivity index (χ1v) is 7.13. The van der Waals surface area contributed by atoms with Crippen LogP contribution in [0.5, 0.6) is 0 Å². The van der Waals surface area contributed by atoms with Crippen molar-refractivity contribution in [2.24, 2.45) is 11.8 Å². The lowest BCUT2D eigenvalue weighted by molar-refractivity contribution is -0.135. The summed E-state index contributed by atoms with van der Waals surface area (Å²) in [5.41, 5.74) is 1.02. The summed E-state index contributed by atoms with van der Waals surface area (Å²) >= 11 is 0. The fraction of sp³-hybridized carbons (Fsp3) is 0.562. The van der Waals surface area contributed by atoms with Crippen molar-refractivity contribution in [1.29, 1.82) is 0 Å². The van der Waals surface area contributed by atoms with Crippen LogP contribution in [0, 0.1) is 11.8 Å². The lowest BCUT2D eigenvalue weighted by Crippen LogP contribution is -2.46. The second-order valence-electron chi connectivity index (χ2n) is 5.69. The van der Waals surface area contributed by atoms with E-state index in [-0.39, 0.29) is 6.54 Å². The second kappa shape index (κ2) is 6.09. The molecule has 0 spiro atoms. The topological polar surface area (TPSA) is 40.5 Å². The number of carboxylic acids is 1. The summed E-state index contributed by atoms with van der Waals surface area (Å²) in [6, 6.07) is 10.3. The van der Waals surface area contributed by atoms with Crippen molar-refractivity contribution >= 4 is 11.7 Å². The normalized spacial score (nSPS) is 26.9. The first-order chi connectivity index (χ1) is 9.09. The van der Waals surface area contributed by atoms with Gasteiger partial charge in [-0.3, -0.25) is 4.79 Å². The number of aliphatic carboxylic acids is 1. The zero-order valence-corrected chi connectivity index (χ0v) is 11.7. The molecule has 3 atom stereocenters. The number of nitrogens with zero attached hydrogens (tertiary/aromatic N) is 1. The first-order valence-electron chi connectivity index (χ1n) is 7.13. The van der Waals surface area contributed by atoms with Crippen LogP contribution >= 0.6 is 0 Å². The standard InChI is InChI=1S/C16H23NO2/c1-12-7-6-10-15(13(12)2)17(11-16(18)19)14-8-4-3-5-9-14/h3-5,8-9,12-13,15H,6-7,10-11H2,1-2H3,(H,18,19). The van der Waals surface area contributed by atoms with Gasteiger partial charge in [0.1, 0.15) is 6.54 Å². The van der Waals surface area contributed by atoms with Gasteiger partial charge in [0, 0.05) is 11.7 Å². The molecule has 0 amide bonds. The number of hydrogen-bond acceptors (Lipinski definition) is 2. The largest absolute Gasteiger partial charge is 0.480 e. The predicted molar refractivity (Wildman–Crippen MR) is 77.4 cm³/mol. The molecule has 19 heavy (non-hydrogen) atoms. The summed E-state index contributed by atoms with van der Waals surface area (Å²) in [6.07, 6.45) is 3.54. The van der Waals surface area contributed by atoms with Crippen LogP contribution in [-0.4, -0.2) is 23.7 Å². The van der Waals surface area contributed by atoms with E-state index in [1.54, 1.807) is 0 Å². The van der Waals surface area contributed by atoms with Gasteiger partial charge in [0.15, 0.2) is 0 Å². The third-order valence-electron chi connectivity index (χ3n) is 4.46. The molecular formula is C16H23NO2. The lowest BCUT2D eigenvalue weighted by atomic mass is 9.77. The Hall–Kier alpha value is -1.51. The monoisotopic (exact) mass is 261 g/mol. The van der Waals surface area contributed by atoms with Gasteiger partial charge >= 0.3 is 5.97 Å². The lowest BCUT2D eigenvalue weighted by Gasteiger charge is -2.42. The maximum Gasteiger partial charge on any atom is 0.323 e. The fourth-order valence-electron chi connectivity index (χ4n) is 3.16. The maximum atomic E-state index is 11.2. The molecule has 104 valence electrons. The molecule has 1 aromatic carbocycles. The maximum absolute atomic E-state index is 11.2. The minimum Gasteiger partial charge on any atom is -0.480 e. The van der Waals surface area contributed by atoms with Crippen molar-refractivity contribution in [2.75, 3.05) is 11.4 Å². The first kappa shape index (κ1) is 13.9. The molecule has 0 bridgehead atoms. The minimum absolute atomic E-state index is 0.0890. The Morgan fingerprint density at radius 3 is 2.58 bits per heavy atom. The van der Waals surface area contributed by atoms with Crippen molar-refractivity contribution in [2.45, 2.75) is 39.2 Å². The molecule has 1 aliphatic carbocycles. The van der Waals surface area contributed by atoms with Crippen LogP contribution in [0.2, 0.25) is 0 Å². The van der Waals surface area contributed by atoms with Crippen molar-refractivity contribution in [3.05, 3.63) is 30.3 Å². The molecule has 0 saturated heterocycles. The van der Waals surface area contributed by atoms with E-state index >= 15 is 0 Å². The molecule has 3 heteroatoms. The van der Waals surface area contributed by atoms with Gasteiger partial charge in [-0.15, -0.1) is 0 Å². The highest BCUT2D eigenvalue weighted by Gasteiger charge is 2.32. The van der Waals surface area contributed by atoms with Crippen LogP contribution in [0.15, 0.2) is 30.3 Å². The Morgan fingerprint density at radius 1 is 1.26 bits per heavy atom. The highest BCUT2D eigenvalue weighted by molar-refractivity contribution is 5.74. The van der Waals surface area contributed by atoms with Crippen molar-refractivity contribution in [3.63, 3.8) is 0 Å². The Kier molecular flexibility index (Phi) is 4.46. The molecule has 1 N–H and O–H groups in total. The van der Waals surface area contributed by atoms with Gasteiger partial charge in [0.05, 0.1) is 0 Å². The van der Waals surface area contributed by atoms with Gasteiger partial charge in [-0.25, -0.2) is 0 Å². The summed E-state index contributed by atoms with van der Waals surface area (Å²) in [7, 11) is 0. The van der Waals surface area contributed by atoms with Crippen LogP contribution in [-0.2, 0) is 4.79 Å². The van der Waals surface area contributed by atoms with E-state index in [0.29, 0.717) is 17.9 Å². The van der Waals surface area contributed by atoms with E-state index in [0.717, 1.165) is 12.1 Å². The molecule has 0 radical (unpaired) electrons. The molecule has 1 saturated carbocycles. The highest BCUT2D eigenvalue weighted by Crippen LogP contribution is 2.34. The molecule has 2 rings (SSSR count). The van der Waals surface area contributed by atoms with E-state index in [1.165, 1.54) is 12.8 Å². The van der Waals surface area contributed by atoms with E-state index in [9.17, 15) is 9.90 Å². The molecule has 0 aliphatic heterocycles. The summed E-state index contributed by atoms with van der Waals surface area (Å²) in [6.45, 7) is 4.62. The van der Waals surface area contributed by atoms with Crippen LogP contribution in [0.1, 0.15) is 33.1 Å². The van der Waals surface area contributed by atoms with E-state index in [1.807, 2.05) is 30.3 Å². The van der Waals surface area contributed by atoms with Crippen molar-refractivity contribution in [1.82, 2.24) is 0 Å². The molecule has 1 fully saturated rings. The number of hydrogen-bond donors (Lipinski definition) is 1. The zero-order valence-electron chi connectivity index (χ0n) is 11.7. The Labute approximate surface area is 115 Å². The molecule has 0 aromatic heterocycles. The number of para-hydroxylation sites is 1. The molecule has 1 aromatic rings. The van der Waals surface area contributed by atoms with E-state index in [2.05, 4.69) is 18.7 Å². The van der Waals surface area contributed by atoms with Crippen LogP contribution in [0.4, 0.5) is 5.69 Å². The van der Waals surface area contributed by atoms with Gasteiger partial charge in [0.25, 0.3) is 0 Å². The van der Waals surface area contributed by atoms with Gasteiger partial charge in [-0.1, -0.05) is 44.9 Å². The second-order valence-corrected chi connectivity index (χ2v) is 5.69. The summed E-state index contributed by atoms with van der Waals surface area (Å²) < 4.78 is 0. The van der Waals surface area contributed by atoms with Gasteiger partial charge in [0.2, 0.25) is 0 Å². The Morgan fingerprint density at radius 2 is 1.95 bits per heavy atom. The smallest absolute Gasteiger partial charge is 0.323 e. The van der Waals surface area contributed by atoms with Crippen LogP contribution < -0.4 is 4.90 Å². The molecule has 3 nitrogen and oxygen atoms in total. The van der Waals surface area contributed by atoms with Crippen LogP contribution in [0.25, 0.3) is 0 Å². The number of carboxylic acid groups (broad SMARTS) is 1. The highest BCUT2D eigenvalue weighted by atomic mass is 16.4. The van der Waals surface area contributed by atoms with Crippen LogP contribution in [0.3, 0.4) is 0 Å². The van der Waals surface area contributed by atoms with Gasteiger partial charge < -0.3 is 10.0 Å². The minimum atomic E-state index is -0.755. The third-order valence-corrected chi connectivity index (χ3v) is 4.46. The summed E-state index contributed by atoms with van der Waals surface area (Å²) in [5, 5.41) is 9.19. The number of anilines is 1. The molecule has 1 aliphatic rings. The third kappa shape index (κ3) is 3.28. The van der Waals surface area contributed by atoms with Gasteiger partial charge in [-0.05, 0) is 30.4 Å². The predicted octanol–water partition coefficient (Wildman–Crippen LogP) is 3.40. The SMILES string of the molecule is CC1CCCC(N(CC(=O)O)c2ccccc2)C1C. The number of benzene rings is 1. The average Bonchev–Trinajstić information content (AvgIpc) is 2.40. The average molecular weight is 261 g/mol. The molecular weight excluding hydrogens is 238 g/mol.